The van der Waals surface area contributed by atoms with Gasteiger partial charge in [0, 0.05) is 11.0 Å². The molecule has 0 amide bonds. The Hall–Kier alpha value is -1.13. The van der Waals surface area contributed by atoms with Gasteiger partial charge in [-0.2, -0.15) is 0 Å². The van der Waals surface area contributed by atoms with Crippen molar-refractivity contribution >= 4 is 15.9 Å². The normalized spacial score (nSPS) is 18.3. The summed E-state index contributed by atoms with van der Waals surface area (Å²) in [5.74, 6) is 0.681. The third-order valence-corrected chi connectivity index (χ3v) is 4.73. The van der Waals surface area contributed by atoms with E-state index >= 15 is 0 Å². The molecule has 0 saturated heterocycles. The minimum atomic E-state index is -0.0150. The smallest absolute Gasteiger partial charge is 0.0956 e. The van der Waals surface area contributed by atoms with Crippen LogP contribution in [-0.2, 0) is 5.54 Å². The average Bonchev–Trinajstić information content (AvgIpc) is 3.17. The first-order valence-electron chi connectivity index (χ1n) is 6.64. The number of benzene rings is 1. The lowest BCUT2D eigenvalue weighted by Crippen LogP contribution is -2.40. The molecule has 1 aromatic carbocycles. The van der Waals surface area contributed by atoms with Gasteiger partial charge in [-0.25, -0.2) is 4.98 Å². The zero-order chi connectivity index (χ0) is 13.5. The van der Waals surface area contributed by atoms with Crippen molar-refractivity contribution in [2.24, 2.45) is 11.7 Å². The highest BCUT2D eigenvalue weighted by Crippen LogP contribution is 2.45. The average molecular weight is 320 g/mol. The van der Waals surface area contributed by atoms with Gasteiger partial charge in [0.2, 0.25) is 0 Å². The van der Waals surface area contributed by atoms with Crippen LogP contribution in [0.3, 0.4) is 0 Å². The summed E-state index contributed by atoms with van der Waals surface area (Å²) in [6.07, 6.45) is 6.39. The van der Waals surface area contributed by atoms with Crippen LogP contribution in [-0.4, -0.2) is 16.1 Å². The van der Waals surface area contributed by atoms with E-state index in [9.17, 15) is 0 Å². The van der Waals surface area contributed by atoms with Gasteiger partial charge in [0.05, 0.1) is 23.8 Å². The standard InChI is InChI=1S/C15H18BrN3/c1-15(9-17,12-4-5-12)19-10-18-8-14(19)11-2-6-13(16)7-3-11/h2-3,6-8,10,12H,4-5,9,17H2,1H3. The summed E-state index contributed by atoms with van der Waals surface area (Å²) in [4.78, 5) is 4.34. The van der Waals surface area contributed by atoms with Crippen LogP contribution in [0.25, 0.3) is 11.3 Å². The monoisotopic (exact) mass is 319 g/mol. The van der Waals surface area contributed by atoms with Gasteiger partial charge in [-0.15, -0.1) is 0 Å². The second-order valence-electron chi connectivity index (χ2n) is 5.49. The Balaban J connectivity index is 2.04. The fourth-order valence-electron chi connectivity index (χ4n) is 2.70. The maximum absolute atomic E-state index is 6.05. The number of hydrogen-bond acceptors (Lipinski definition) is 2. The van der Waals surface area contributed by atoms with Crippen LogP contribution in [0.4, 0.5) is 0 Å². The predicted molar refractivity (Wildman–Crippen MR) is 80.8 cm³/mol. The van der Waals surface area contributed by atoms with Crippen LogP contribution in [0.5, 0.6) is 0 Å². The number of nitrogens with two attached hydrogens (primary N) is 1. The quantitative estimate of drug-likeness (QED) is 0.938. The minimum absolute atomic E-state index is 0.0150. The SMILES string of the molecule is CC(CN)(C1CC1)n1cncc1-c1ccc(Br)cc1. The highest BCUT2D eigenvalue weighted by molar-refractivity contribution is 9.10. The maximum atomic E-state index is 6.05. The predicted octanol–water partition coefficient (Wildman–Crippen LogP) is 3.40. The number of aromatic nitrogens is 2. The maximum Gasteiger partial charge on any atom is 0.0956 e. The molecule has 4 heteroatoms. The Kier molecular flexibility index (Phi) is 3.23. The Morgan fingerprint density at radius 1 is 1.37 bits per heavy atom. The Morgan fingerprint density at radius 3 is 2.63 bits per heavy atom. The van der Waals surface area contributed by atoms with Crippen molar-refractivity contribution in [2.45, 2.75) is 25.3 Å². The first-order chi connectivity index (χ1) is 9.15. The van der Waals surface area contributed by atoms with Gasteiger partial charge in [0.1, 0.15) is 0 Å². The van der Waals surface area contributed by atoms with Crippen LogP contribution in [0.1, 0.15) is 19.8 Å². The van der Waals surface area contributed by atoms with Gasteiger partial charge < -0.3 is 10.3 Å². The molecule has 1 saturated carbocycles. The van der Waals surface area contributed by atoms with Crippen molar-refractivity contribution in [3.63, 3.8) is 0 Å². The fourth-order valence-corrected chi connectivity index (χ4v) is 2.97. The fraction of sp³-hybridized carbons (Fsp3) is 0.400. The molecule has 1 heterocycles. The van der Waals surface area contributed by atoms with Crippen molar-refractivity contribution in [1.82, 2.24) is 9.55 Å². The van der Waals surface area contributed by atoms with Gasteiger partial charge in [-0.1, -0.05) is 28.1 Å². The molecule has 19 heavy (non-hydrogen) atoms. The number of halogens is 1. The number of nitrogens with zero attached hydrogens (tertiary/aromatic N) is 2. The van der Waals surface area contributed by atoms with E-state index in [0.717, 1.165) is 10.2 Å². The summed E-state index contributed by atoms with van der Waals surface area (Å²) in [5.41, 5.74) is 8.37. The van der Waals surface area contributed by atoms with E-state index in [0.29, 0.717) is 12.5 Å². The van der Waals surface area contributed by atoms with Gasteiger partial charge >= 0.3 is 0 Å². The Bertz CT molecular complexity index is 571. The van der Waals surface area contributed by atoms with Crippen molar-refractivity contribution in [3.05, 3.63) is 41.3 Å². The summed E-state index contributed by atoms with van der Waals surface area (Å²) >= 11 is 3.47. The van der Waals surface area contributed by atoms with Crippen LogP contribution in [0, 0.1) is 5.92 Å². The lowest BCUT2D eigenvalue weighted by atomic mass is 9.94. The molecule has 1 atom stereocenters. The highest BCUT2D eigenvalue weighted by atomic mass is 79.9. The molecule has 1 unspecified atom stereocenters. The van der Waals surface area contributed by atoms with E-state index in [-0.39, 0.29) is 5.54 Å². The molecule has 2 N–H and O–H groups in total. The third-order valence-electron chi connectivity index (χ3n) is 4.20. The summed E-state index contributed by atoms with van der Waals surface area (Å²) in [7, 11) is 0. The van der Waals surface area contributed by atoms with E-state index < -0.39 is 0 Å². The van der Waals surface area contributed by atoms with Crippen LogP contribution >= 0.6 is 15.9 Å². The molecular formula is C15H18BrN3. The molecule has 1 fully saturated rings. The van der Waals surface area contributed by atoms with Crippen LogP contribution in [0.2, 0.25) is 0 Å². The number of rotatable bonds is 4. The van der Waals surface area contributed by atoms with E-state index in [1.165, 1.54) is 18.4 Å². The topological polar surface area (TPSA) is 43.8 Å². The first kappa shape index (κ1) is 12.9. The second kappa shape index (κ2) is 4.76. The first-order valence-corrected chi connectivity index (χ1v) is 7.43. The van der Waals surface area contributed by atoms with Gasteiger partial charge in [-0.05, 0) is 43.4 Å². The van der Waals surface area contributed by atoms with Crippen molar-refractivity contribution in [1.29, 1.82) is 0 Å². The van der Waals surface area contributed by atoms with Crippen molar-refractivity contribution < 1.29 is 0 Å². The lowest BCUT2D eigenvalue weighted by Gasteiger charge is -2.32. The second-order valence-corrected chi connectivity index (χ2v) is 6.41. The summed E-state index contributed by atoms with van der Waals surface area (Å²) < 4.78 is 3.35. The van der Waals surface area contributed by atoms with Gasteiger partial charge in [0.15, 0.2) is 0 Å². The molecule has 3 rings (SSSR count). The number of hydrogen-bond donors (Lipinski definition) is 1. The molecule has 100 valence electrons. The molecule has 2 aromatic rings. The molecular weight excluding hydrogens is 302 g/mol. The van der Waals surface area contributed by atoms with Crippen LogP contribution < -0.4 is 5.73 Å². The third kappa shape index (κ3) is 2.23. The minimum Gasteiger partial charge on any atom is -0.328 e. The molecule has 1 aromatic heterocycles. The van der Waals surface area contributed by atoms with Gasteiger partial charge in [0.25, 0.3) is 0 Å². The molecule has 0 spiro atoms. The van der Waals surface area contributed by atoms with E-state index in [1.807, 2.05) is 12.5 Å². The largest absolute Gasteiger partial charge is 0.328 e. The van der Waals surface area contributed by atoms with Gasteiger partial charge in [-0.3, -0.25) is 0 Å². The zero-order valence-electron chi connectivity index (χ0n) is 11.0. The molecule has 0 radical (unpaired) electrons. The molecule has 0 bridgehead atoms. The summed E-state index contributed by atoms with van der Waals surface area (Å²) in [6.45, 7) is 2.90. The molecule has 3 nitrogen and oxygen atoms in total. The molecule has 1 aliphatic carbocycles. The van der Waals surface area contributed by atoms with E-state index in [4.69, 9.17) is 5.73 Å². The van der Waals surface area contributed by atoms with Crippen LogP contribution in [0.15, 0.2) is 41.3 Å². The summed E-state index contributed by atoms with van der Waals surface area (Å²) in [6, 6.07) is 8.34. The Morgan fingerprint density at radius 2 is 2.05 bits per heavy atom. The van der Waals surface area contributed by atoms with Crippen molar-refractivity contribution in [3.8, 4) is 11.3 Å². The summed E-state index contributed by atoms with van der Waals surface area (Å²) in [5, 5.41) is 0. The highest BCUT2D eigenvalue weighted by Gasteiger charge is 2.42. The van der Waals surface area contributed by atoms with E-state index in [2.05, 4.69) is 56.7 Å². The lowest BCUT2D eigenvalue weighted by molar-refractivity contribution is 0.284. The molecule has 0 aliphatic heterocycles. The zero-order valence-corrected chi connectivity index (χ0v) is 12.6. The Labute approximate surface area is 122 Å². The van der Waals surface area contributed by atoms with E-state index in [1.54, 1.807) is 0 Å². The molecule has 1 aliphatic rings. The number of imidazole rings is 1. The van der Waals surface area contributed by atoms with Crippen molar-refractivity contribution in [2.75, 3.05) is 6.54 Å².